The molecule has 1 aromatic carbocycles. The summed E-state index contributed by atoms with van der Waals surface area (Å²) in [5.74, 6) is 1.21. The highest BCUT2D eigenvalue weighted by Crippen LogP contribution is 2.19. The van der Waals surface area contributed by atoms with Crippen LogP contribution in [0.3, 0.4) is 0 Å². The number of carbonyl (C=O) groups is 1. The quantitative estimate of drug-likeness (QED) is 0.726. The summed E-state index contributed by atoms with van der Waals surface area (Å²) in [7, 11) is 2.03. The first-order valence-corrected chi connectivity index (χ1v) is 9.27. The van der Waals surface area contributed by atoms with E-state index >= 15 is 0 Å². The minimum absolute atomic E-state index is 0.0464. The van der Waals surface area contributed by atoms with Crippen LogP contribution in [0.4, 0.5) is 5.82 Å². The van der Waals surface area contributed by atoms with E-state index < -0.39 is 0 Å². The SMILES string of the molecule is CN(Cc1nccc(N)n1)[C@@H]1CCN(C(=O)c2cccc(-n3cccn3)c2)C1. The Bertz CT molecular complexity index is 957. The Kier molecular flexibility index (Phi) is 5.03. The van der Waals surface area contributed by atoms with Gasteiger partial charge in [-0.25, -0.2) is 14.6 Å². The molecular weight excluding hydrogens is 354 g/mol. The molecule has 0 spiro atoms. The number of hydrogen-bond acceptors (Lipinski definition) is 6. The summed E-state index contributed by atoms with van der Waals surface area (Å²) in [5.41, 5.74) is 7.29. The molecule has 4 rings (SSSR count). The summed E-state index contributed by atoms with van der Waals surface area (Å²) >= 11 is 0. The molecule has 28 heavy (non-hydrogen) atoms. The van der Waals surface area contributed by atoms with E-state index in [1.54, 1.807) is 23.1 Å². The number of benzene rings is 1. The van der Waals surface area contributed by atoms with Crippen LogP contribution in [0.2, 0.25) is 0 Å². The molecule has 3 heterocycles. The van der Waals surface area contributed by atoms with E-state index in [-0.39, 0.29) is 11.9 Å². The molecule has 2 aromatic heterocycles. The number of carbonyl (C=O) groups excluding carboxylic acids is 1. The third-order valence-corrected chi connectivity index (χ3v) is 5.05. The van der Waals surface area contributed by atoms with Gasteiger partial charge in [-0.05, 0) is 43.8 Å². The molecule has 144 valence electrons. The van der Waals surface area contributed by atoms with E-state index in [0.717, 1.165) is 18.7 Å². The van der Waals surface area contributed by atoms with Gasteiger partial charge < -0.3 is 10.6 Å². The van der Waals surface area contributed by atoms with Crippen molar-refractivity contribution in [2.24, 2.45) is 0 Å². The molecule has 1 atom stereocenters. The molecule has 0 aliphatic carbocycles. The molecule has 1 saturated heterocycles. The number of hydrogen-bond donors (Lipinski definition) is 1. The van der Waals surface area contributed by atoms with Crippen LogP contribution in [-0.4, -0.2) is 61.6 Å². The van der Waals surface area contributed by atoms with Crippen molar-refractivity contribution in [3.05, 3.63) is 66.4 Å². The lowest BCUT2D eigenvalue weighted by molar-refractivity contribution is 0.0779. The number of likely N-dealkylation sites (N-methyl/N-ethyl adjacent to an activating group) is 1. The highest BCUT2D eigenvalue weighted by atomic mass is 16.2. The Hall–Kier alpha value is -3.26. The van der Waals surface area contributed by atoms with Crippen molar-refractivity contribution in [2.45, 2.75) is 19.0 Å². The maximum absolute atomic E-state index is 13.0. The lowest BCUT2D eigenvalue weighted by atomic mass is 10.2. The number of nitrogen functional groups attached to an aromatic ring is 1. The molecule has 0 unspecified atom stereocenters. The van der Waals surface area contributed by atoms with Crippen LogP contribution in [-0.2, 0) is 6.54 Å². The molecule has 1 aliphatic heterocycles. The van der Waals surface area contributed by atoms with Gasteiger partial charge in [0.2, 0.25) is 0 Å². The molecule has 0 saturated carbocycles. The van der Waals surface area contributed by atoms with Crippen molar-refractivity contribution in [3.8, 4) is 5.69 Å². The second-order valence-electron chi connectivity index (χ2n) is 7.01. The second kappa shape index (κ2) is 7.77. The molecule has 2 N–H and O–H groups in total. The summed E-state index contributed by atoms with van der Waals surface area (Å²) in [4.78, 5) is 25.6. The van der Waals surface area contributed by atoms with Crippen molar-refractivity contribution in [1.29, 1.82) is 0 Å². The minimum atomic E-state index is 0.0464. The smallest absolute Gasteiger partial charge is 0.253 e. The molecular formula is C20H23N7O. The number of nitrogens with two attached hydrogens (primary N) is 1. The maximum atomic E-state index is 13.0. The monoisotopic (exact) mass is 377 g/mol. The highest BCUT2D eigenvalue weighted by molar-refractivity contribution is 5.95. The van der Waals surface area contributed by atoms with Gasteiger partial charge in [0.25, 0.3) is 5.91 Å². The molecule has 8 nitrogen and oxygen atoms in total. The second-order valence-corrected chi connectivity index (χ2v) is 7.01. The topological polar surface area (TPSA) is 93.2 Å². The summed E-state index contributed by atoms with van der Waals surface area (Å²) in [6, 6.07) is 11.4. The van der Waals surface area contributed by atoms with Crippen LogP contribution in [0.1, 0.15) is 22.6 Å². The maximum Gasteiger partial charge on any atom is 0.253 e. The lowest BCUT2D eigenvalue weighted by Gasteiger charge is -2.24. The van der Waals surface area contributed by atoms with Crippen molar-refractivity contribution < 1.29 is 4.79 Å². The van der Waals surface area contributed by atoms with Crippen LogP contribution < -0.4 is 5.73 Å². The number of likely N-dealkylation sites (tertiary alicyclic amines) is 1. The average Bonchev–Trinajstić information content (AvgIpc) is 3.40. The van der Waals surface area contributed by atoms with Crippen LogP contribution in [0.5, 0.6) is 0 Å². The third kappa shape index (κ3) is 3.86. The summed E-state index contributed by atoms with van der Waals surface area (Å²) < 4.78 is 1.75. The first-order valence-electron chi connectivity index (χ1n) is 9.27. The zero-order chi connectivity index (χ0) is 19.5. The van der Waals surface area contributed by atoms with Gasteiger partial charge in [-0.1, -0.05) is 6.07 Å². The van der Waals surface area contributed by atoms with Crippen LogP contribution in [0.25, 0.3) is 5.69 Å². The van der Waals surface area contributed by atoms with Crippen molar-refractivity contribution in [3.63, 3.8) is 0 Å². The molecule has 0 radical (unpaired) electrons. The predicted octanol–water partition coefficient (Wildman–Crippen LogP) is 1.59. The molecule has 1 aliphatic rings. The zero-order valence-electron chi connectivity index (χ0n) is 15.8. The fourth-order valence-corrected chi connectivity index (χ4v) is 3.51. The van der Waals surface area contributed by atoms with Crippen molar-refractivity contribution in [1.82, 2.24) is 29.5 Å². The summed E-state index contributed by atoms with van der Waals surface area (Å²) in [6.07, 6.45) is 6.17. The first kappa shape index (κ1) is 18.1. The largest absolute Gasteiger partial charge is 0.384 e. The van der Waals surface area contributed by atoms with Crippen molar-refractivity contribution in [2.75, 3.05) is 25.9 Å². The van der Waals surface area contributed by atoms with Gasteiger partial charge in [0, 0.05) is 43.3 Å². The van der Waals surface area contributed by atoms with Gasteiger partial charge in [-0.3, -0.25) is 9.69 Å². The minimum Gasteiger partial charge on any atom is -0.384 e. The van der Waals surface area contributed by atoms with Crippen LogP contribution >= 0.6 is 0 Å². The first-order chi connectivity index (χ1) is 13.6. The van der Waals surface area contributed by atoms with Gasteiger partial charge in [0.1, 0.15) is 11.6 Å². The molecule has 1 fully saturated rings. The predicted molar refractivity (Wildman–Crippen MR) is 106 cm³/mol. The normalized spacial score (nSPS) is 16.6. The Labute approximate surface area is 163 Å². The number of amides is 1. The van der Waals surface area contributed by atoms with Gasteiger partial charge in [-0.15, -0.1) is 0 Å². The molecule has 1 amide bonds. The van der Waals surface area contributed by atoms with Crippen LogP contribution in [0.15, 0.2) is 55.0 Å². The zero-order valence-corrected chi connectivity index (χ0v) is 15.8. The van der Waals surface area contributed by atoms with E-state index in [1.807, 2.05) is 48.5 Å². The van der Waals surface area contributed by atoms with Gasteiger partial charge in [-0.2, -0.15) is 5.10 Å². The summed E-state index contributed by atoms with van der Waals surface area (Å²) in [5, 5.41) is 4.23. The van der Waals surface area contributed by atoms with Crippen LogP contribution in [0, 0.1) is 0 Å². The Balaban J connectivity index is 1.41. The van der Waals surface area contributed by atoms with E-state index in [2.05, 4.69) is 20.0 Å². The van der Waals surface area contributed by atoms with E-state index in [4.69, 9.17) is 5.73 Å². The Morgan fingerprint density at radius 3 is 2.96 bits per heavy atom. The molecule has 8 heteroatoms. The number of anilines is 1. The van der Waals surface area contributed by atoms with Gasteiger partial charge >= 0.3 is 0 Å². The Morgan fingerprint density at radius 1 is 1.29 bits per heavy atom. The third-order valence-electron chi connectivity index (χ3n) is 5.05. The van der Waals surface area contributed by atoms with Gasteiger partial charge in [0.05, 0.1) is 12.2 Å². The summed E-state index contributed by atoms with van der Waals surface area (Å²) in [6.45, 7) is 2.02. The molecule has 3 aromatic rings. The fourth-order valence-electron chi connectivity index (χ4n) is 3.51. The van der Waals surface area contributed by atoms with E-state index in [9.17, 15) is 4.79 Å². The number of nitrogens with zero attached hydrogens (tertiary/aromatic N) is 6. The van der Waals surface area contributed by atoms with E-state index in [0.29, 0.717) is 30.3 Å². The lowest BCUT2D eigenvalue weighted by Crippen LogP contribution is -2.36. The highest BCUT2D eigenvalue weighted by Gasteiger charge is 2.29. The average molecular weight is 377 g/mol. The van der Waals surface area contributed by atoms with E-state index in [1.165, 1.54) is 0 Å². The van der Waals surface area contributed by atoms with Crippen molar-refractivity contribution >= 4 is 11.7 Å². The number of aromatic nitrogens is 4. The fraction of sp³-hybridized carbons (Fsp3) is 0.300. The van der Waals surface area contributed by atoms with Gasteiger partial charge in [0.15, 0.2) is 0 Å². The Morgan fingerprint density at radius 2 is 2.18 bits per heavy atom. The standard InChI is InChI=1S/C20H23N7O/c1-25(14-19-22-9-6-18(21)24-19)17-7-11-26(13-17)20(28)15-4-2-5-16(12-15)27-10-3-8-23-27/h2-6,8-10,12,17H,7,11,13-14H2,1H3,(H2,21,22,24)/t17-/m1/s1. The molecule has 0 bridgehead atoms. The number of rotatable bonds is 5.